The molecule has 1 heteroatoms. The Bertz CT molecular complexity index is 376. The van der Waals surface area contributed by atoms with Gasteiger partial charge in [0.25, 0.3) is 0 Å². The summed E-state index contributed by atoms with van der Waals surface area (Å²) in [4.78, 5) is 0. The zero-order valence-electron chi connectivity index (χ0n) is 13.2. The number of alkyl halides is 1. The van der Waals surface area contributed by atoms with E-state index in [-0.39, 0.29) is 12.1 Å². The lowest BCUT2D eigenvalue weighted by molar-refractivity contribution is 0.204. The van der Waals surface area contributed by atoms with Gasteiger partial charge >= 0.3 is 0 Å². The van der Waals surface area contributed by atoms with Crippen molar-refractivity contribution in [3.05, 3.63) is 34.9 Å². The SMILES string of the molecule is CCCCC(CC)C(C)(CF)c1cc(C)cc(C)c1. The molecule has 1 aromatic rings. The number of halogens is 1. The van der Waals surface area contributed by atoms with Crippen LogP contribution in [0.25, 0.3) is 0 Å². The molecule has 0 nitrogen and oxygen atoms in total. The maximum absolute atomic E-state index is 13.9. The first-order chi connectivity index (χ1) is 8.97. The second kappa shape index (κ2) is 7.07. The normalized spacial score (nSPS) is 16.1. The van der Waals surface area contributed by atoms with Crippen molar-refractivity contribution in [1.82, 2.24) is 0 Å². The summed E-state index contributed by atoms with van der Waals surface area (Å²) in [6.45, 7) is 10.4. The van der Waals surface area contributed by atoms with Gasteiger partial charge in [-0.15, -0.1) is 0 Å². The Labute approximate surface area is 118 Å². The second-order valence-electron chi connectivity index (χ2n) is 6.17. The lowest BCUT2D eigenvalue weighted by Crippen LogP contribution is -2.34. The molecule has 1 rings (SSSR count). The van der Waals surface area contributed by atoms with Crippen molar-refractivity contribution in [3.8, 4) is 0 Å². The van der Waals surface area contributed by atoms with Crippen molar-refractivity contribution in [2.24, 2.45) is 5.92 Å². The van der Waals surface area contributed by atoms with Crippen LogP contribution in [-0.4, -0.2) is 6.67 Å². The minimum atomic E-state index is -0.333. The fraction of sp³-hybridized carbons (Fsp3) is 0.667. The van der Waals surface area contributed by atoms with Gasteiger partial charge in [-0.1, -0.05) is 69.4 Å². The second-order valence-corrected chi connectivity index (χ2v) is 6.17. The van der Waals surface area contributed by atoms with Crippen molar-refractivity contribution in [3.63, 3.8) is 0 Å². The summed E-state index contributed by atoms with van der Waals surface area (Å²) < 4.78 is 13.9. The van der Waals surface area contributed by atoms with Crippen LogP contribution in [-0.2, 0) is 5.41 Å². The van der Waals surface area contributed by atoms with Crippen LogP contribution in [0, 0.1) is 19.8 Å². The smallest absolute Gasteiger partial charge is 0.0990 e. The monoisotopic (exact) mass is 264 g/mol. The molecule has 0 saturated carbocycles. The topological polar surface area (TPSA) is 0 Å². The highest BCUT2D eigenvalue weighted by Gasteiger charge is 2.34. The maximum atomic E-state index is 13.9. The third-order valence-corrected chi connectivity index (χ3v) is 4.46. The summed E-state index contributed by atoms with van der Waals surface area (Å²) in [5.41, 5.74) is 3.32. The van der Waals surface area contributed by atoms with Crippen LogP contribution in [0.15, 0.2) is 18.2 Å². The summed E-state index contributed by atoms with van der Waals surface area (Å²) in [6, 6.07) is 6.50. The van der Waals surface area contributed by atoms with Gasteiger partial charge in [0.05, 0.1) is 6.67 Å². The van der Waals surface area contributed by atoms with Crippen molar-refractivity contribution in [1.29, 1.82) is 0 Å². The van der Waals surface area contributed by atoms with Crippen LogP contribution in [0.1, 0.15) is 63.1 Å². The quantitative estimate of drug-likeness (QED) is 0.588. The Balaban J connectivity index is 3.12. The summed E-state index contributed by atoms with van der Waals surface area (Å²) in [6.07, 6.45) is 4.55. The molecule has 0 radical (unpaired) electrons. The molecule has 0 N–H and O–H groups in total. The molecule has 0 aliphatic carbocycles. The Morgan fingerprint density at radius 1 is 1.11 bits per heavy atom. The summed E-state index contributed by atoms with van der Waals surface area (Å²) >= 11 is 0. The Morgan fingerprint density at radius 2 is 1.68 bits per heavy atom. The van der Waals surface area contributed by atoms with Gasteiger partial charge in [-0.2, -0.15) is 0 Å². The van der Waals surface area contributed by atoms with Gasteiger partial charge in [0, 0.05) is 5.41 Å². The predicted molar refractivity (Wildman–Crippen MR) is 82.5 cm³/mol. The number of hydrogen-bond acceptors (Lipinski definition) is 0. The molecule has 0 spiro atoms. The number of hydrogen-bond donors (Lipinski definition) is 0. The maximum Gasteiger partial charge on any atom is 0.0990 e. The molecule has 0 fully saturated rings. The first-order valence-corrected chi connectivity index (χ1v) is 7.62. The molecule has 108 valence electrons. The first kappa shape index (κ1) is 16.2. The van der Waals surface area contributed by atoms with E-state index in [1.807, 2.05) is 0 Å². The van der Waals surface area contributed by atoms with Crippen LogP contribution in [0.2, 0.25) is 0 Å². The molecule has 0 aromatic heterocycles. The molecule has 0 amide bonds. The molecule has 1 aromatic carbocycles. The van der Waals surface area contributed by atoms with Gasteiger partial charge in [-0.25, -0.2) is 0 Å². The van der Waals surface area contributed by atoms with Crippen LogP contribution < -0.4 is 0 Å². The molecule has 0 saturated heterocycles. The molecule has 0 bridgehead atoms. The lowest BCUT2D eigenvalue weighted by Gasteiger charge is -2.36. The van der Waals surface area contributed by atoms with Crippen LogP contribution in [0.3, 0.4) is 0 Å². The average Bonchev–Trinajstić information content (AvgIpc) is 2.38. The third kappa shape index (κ3) is 3.81. The van der Waals surface area contributed by atoms with Crippen molar-refractivity contribution in [2.45, 2.75) is 65.7 Å². The van der Waals surface area contributed by atoms with Crippen molar-refractivity contribution < 1.29 is 4.39 Å². The number of benzene rings is 1. The molecule has 0 aliphatic rings. The van der Waals surface area contributed by atoms with Gasteiger partial charge in [-0.05, 0) is 31.7 Å². The van der Waals surface area contributed by atoms with Gasteiger partial charge < -0.3 is 0 Å². The zero-order valence-corrected chi connectivity index (χ0v) is 13.2. The van der Waals surface area contributed by atoms with Crippen molar-refractivity contribution in [2.75, 3.05) is 6.67 Å². The van der Waals surface area contributed by atoms with Crippen LogP contribution in [0.5, 0.6) is 0 Å². The highest BCUT2D eigenvalue weighted by molar-refractivity contribution is 5.34. The number of rotatable bonds is 7. The predicted octanol–water partition coefficient (Wildman–Crippen LogP) is 5.75. The molecular weight excluding hydrogens is 235 g/mol. The van der Waals surface area contributed by atoms with E-state index in [9.17, 15) is 4.39 Å². The fourth-order valence-electron chi connectivity index (χ4n) is 3.15. The Kier molecular flexibility index (Phi) is 6.03. The minimum absolute atomic E-state index is 0.266. The van der Waals surface area contributed by atoms with E-state index in [0.717, 1.165) is 12.8 Å². The van der Waals surface area contributed by atoms with Crippen LogP contribution in [0.4, 0.5) is 4.39 Å². The molecule has 0 heterocycles. The van der Waals surface area contributed by atoms with E-state index >= 15 is 0 Å². The van der Waals surface area contributed by atoms with E-state index in [2.05, 4.69) is 52.8 Å². The van der Waals surface area contributed by atoms with Gasteiger partial charge in [-0.3, -0.25) is 4.39 Å². The van der Waals surface area contributed by atoms with E-state index < -0.39 is 0 Å². The Hall–Kier alpha value is -0.850. The van der Waals surface area contributed by atoms with Crippen molar-refractivity contribution >= 4 is 0 Å². The third-order valence-electron chi connectivity index (χ3n) is 4.46. The van der Waals surface area contributed by atoms with E-state index in [0.29, 0.717) is 5.92 Å². The average molecular weight is 264 g/mol. The molecule has 0 aliphatic heterocycles. The van der Waals surface area contributed by atoms with Gasteiger partial charge in [0.2, 0.25) is 0 Å². The number of aryl methyl sites for hydroxylation is 2. The number of unbranched alkanes of at least 4 members (excludes halogenated alkanes) is 1. The van der Waals surface area contributed by atoms with E-state index in [1.165, 1.54) is 29.5 Å². The molecule has 19 heavy (non-hydrogen) atoms. The van der Waals surface area contributed by atoms with Crippen LogP contribution >= 0.6 is 0 Å². The minimum Gasteiger partial charge on any atom is -0.250 e. The summed E-state index contributed by atoms with van der Waals surface area (Å²) in [5, 5.41) is 0. The van der Waals surface area contributed by atoms with E-state index in [4.69, 9.17) is 0 Å². The van der Waals surface area contributed by atoms with Gasteiger partial charge in [0.15, 0.2) is 0 Å². The highest BCUT2D eigenvalue weighted by Crippen LogP contribution is 2.38. The molecular formula is C18H29F. The van der Waals surface area contributed by atoms with E-state index in [1.54, 1.807) is 0 Å². The largest absolute Gasteiger partial charge is 0.250 e. The zero-order chi connectivity index (χ0) is 14.5. The highest BCUT2D eigenvalue weighted by atomic mass is 19.1. The summed E-state index contributed by atoms with van der Waals surface area (Å²) in [5.74, 6) is 0.429. The summed E-state index contributed by atoms with van der Waals surface area (Å²) in [7, 11) is 0. The standard InChI is InChI=1S/C18H29F/c1-6-8-9-16(7-2)18(5,13-19)17-11-14(3)10-15(4)12-17/h10-12,16H,6-9,13H2,1-5H3. The Morgan fingerprint density at radius 3 is 2.11 bits per heavy atom. The molecule has 2 unspecified atom stereocenters. The fourth-order valence-corrected chi connectivity index (χ4v) is 3.15. The van der Waals surface area contributed by atoms with Gasteiger partial charge in [0.1, 0.15) is 0 Å². The molecule has 2 atom stereocenters. The first-order valence-electron chi connectivity index (χ1n) is 7.62. The lowest BCUT2D eigenvalue weighted by atomic mass is 9.69.